The molecule has 1 aliphatic rings. The topological polar surface area (TPSA) is 46.5 Å². The highest BCUT2D eigenvalue weighted by Gasteiger charge is 2.28. The van der Waals surface area contributed by atoms with Crippen LogP contribution < -0.4 is 4.74 Å². The van der Waals surface area contributed by atoms with Crippen molar-refractivity contribution in [3.8, 4) is 11.5 Å². The van der Waals surface area contributed by atoms with Crippen LogP contribution in [0, 0.1) is 0 Å². The Morgan fingerprint density at radius 3 is 2.67 bits per heavy atom. The number of phenolic OH excluding ortho intramolecular Hbond substituents is 1. The summed E-state index contributed by atoms with van der Waals surface area (Å²) < 4.78 is 5.19. The van der Waals surface area contributed by atoms with Gasteiger partial charge in [0.05, 0.1) is 6.42 Å². The van der Waals surface area contributed by atoms with Crippen molar-refractivity contribution < 1.29 is 14.6 Å². The summed E-state index contributed by atoms with van der Waals surface area (Å²) in [4.78, 5) is 11.6. The van der Waals surface area contributed by atoms with E-state index in [0.717, 1.165) is 11.1 Å². The van der Waals surface area contributed by atoms with Gasteiger partial charge in [0.2, 0.25) is 0 Å². The first-order valence-electron chi connectivity index (χ1n) is 5.82. The van der Waals surface area contributed by atoms with Crippen molar-refractivity contribution in [1.82, 2.24) is 0 Å². The summed E-state index contributed by atoms with van der Waals surface area (Å²) in [7, 11) is 0. The summed E-state index contributed by atoms with van der Waals surface area (Å²) in [6.07, 6.45) is 0.306. The molecule has 0 fully saturated rings. The average Bonchev–Trinajstić information content (AvgIpc) is 2.39. The number of hydrogen-bond acceptors (Lipinski definition) is 3. The zero-order chi connectivity index (χ0) is 12.5. The molecule has 0 saturated carbocycles. The summed E-state index contributed by atoms with van der Waals surface area (Å²) in [5.41, 5.74) is 1.92. The van der Waals surface area contributed by atoms with Crippen LogP contribution in [0.1, 0.15) is 23.5 Å². The van der Waals surface area contributed by atoms with E-state index in [1.807, 2.05) is 30.3 Å². The molecular weight excluding hydrogens is 228 g/mol. The van der Waals surface area contributed by atoms with Crippen LogP contribution in [-0.4, -0.2) is 11.1 Å². The summed E-state index contributed by atoms with van der Waals surface area (Å²) in [5, 5.41) is 9.58. The van der Waals surface area contributed by atoms with Crippen molar-refractivity contribution in [2.75, 3.05) is 0 Å². The van der Waals surface area contributed by atoms with Crippen LogP contribution in [0.15, 0.2) is 48.5 Å². The van der Waals surface area contributed by atoms with Crippen LogP contribution in [0.25, 0.3) is 0 Å². The average molecular weight is 240 g/mol. The first kappa shape index (κ1) is 10.8. The predicted molar refractivity (Wildman–Crippen MR) is 66.6 cm³/mol. The molecule has 1 atom stereocenters. The molecule has 0 amide bonds. The number of aromatic hydroxyl groups is 1. The van der Waals surface area contributed by atoms with Gasteiger partial charge in [0.25, 0.3) is 0 Å². The minimum Gasteiger partial charge on any atom is -0.508 e. The predicted octanol–water partition coefficient (Wildman–Crippen LogP) is 2.83. The summed E-state index contributed by atoms with van der Waals surface area (Å²) in [6, 6.07) is 14.6. The van der Waals surface area contributed by atoms with Crippen LogP contribution in [-0.2, 0) is 4.79 Å². The molecule has 90 valence electrons. The molecule has 0 bridgehead atoms. The van der Waals surface area contributed by atoms with Crippen molar-refractivity contribution >= 4 is 5.97 Å². The molecule has 0 spiro atoms. The van der Waals surface area contributed by atoms with Gasteiger partial charge >= 0.3 is 5.97 Å². The van der Waals surface area contributed by atoms with Crippen molar-refractivity contribution in [1.29, 1.82) is 0 Å². The van der Waals surface area contributed by atoms with E-state index in [4.69, 9.17) is 4.74 Å². The highest BCUT2D eigenvalue weighted by atomic mass is 16.5. The Morgan fingerprint density at radius 1 is 1.11 bits per heavy atom. The summed E-state index contributed by atoms with van der Waals surface area (Å²) in [5.74, 6) is 0.446. The first-order chi connectivity index (χ1) is 8.74. The Hall–Kier alpha value is -2.29. The number of rotatable bonds is 1. The normalized spacial score (nSPS) is 18.0. The minimum absolute atomic E-state index is 0.0467. The van der Waals surface area contributed by atoms with Gasteiger partial charge in [0, 0.05) is 11.5 Å². The number of carbonyl (C=O) groups excluding carboxylic acids is 1. The van der Waals surface area contributed by atoms with E-state index < -0.39 is 0 Å². The second-order valence-electron chi connectivity index (χ2n) is 4.36. The van der Waals surface area contributed by atoms with Gasteiger partial charge < -0.3 is 9.84 Å². The molecule has 0 unspecified atom stereocenters. The molecule has 3 heteroatoms. The maximum Gasteiger partial charge on any atom is 0.312 e. The maximum absolute atomic E-state index is 11.6. The van der Waals surface area contributed by atoms with Crippen LogP contribution >= 0.6 is 0 Å². The van der Waals surface area contributed by atoms with E-state index in [9.17, 15) is 9.90 Å². The fraction of sp³-hybridized carbons (Fsp3) is 0.133. The van der Waals surface area contributed by atoms with Gasteiger partial charge in [-0.05, 0) is 23.8 Å². The second kappa shape index (κ2) is 4.18. The zero-order valence-electron chi connectivity index (χ0n) is 9.67. The van der Waals surface area contributed by atoms with Crippen LogP contribution in [0.2, 0.25) is 0 Å². The molecule has 0 aliphatic carbocycles. The number of phenols is 1. The number of hydrogen-bond donors (Lipinski definition) is 1. The Labute approximate surface area is 105 Å². The van der Waals surface area contributed by atoms with Crippen molar-refractivity contribution in [2.24, 2.45) is 0 Å². The molecule has 3 rings (SSSR count). The number of ether oxygens (including phenoxy) is 1. The van der Waals surface area contributed by atoms with Gasteiger partial charge in [-0.1, -0.05) is 30.3 Å². The van der Waals surface area contributed by atoms with Gasteiger partial charge in [-0.25, -0.2) is 0 Å². The van der Waals surface area contributed by atoms with E-state index in [1.54, 1.807) is 12.1 Å². The lowest BCUT2D eigenvalue weighted by atomic mass is 9.86. The third kappa shape index (κ3) is 1.84. The molecule has 2 aromatic rings. The molecule has 1 N–H and O–H groups in total. The van der Waals surface area contributed by atoms with E-state index in [-0.39, 0.29) is 17.6 Å². The number of esters is 1. The van der Waals surface area contributed by atoms with Crippen LogP contribution in [0.5, 0.6) is 11.5 Å². The molecule has 2 aromatic carbocycles. The van der Waals surface area contributed by atoms with E-state index >= 15 is 0 Å². The van der Waals surface area contributed by atoms with Gasteiger partial charge in [-0.3, -0.25) is 4.79 Å². The Bertz CT molecular complexity index is 590. The fourth-order valence-corrected chi connectivity index (χ4v) is 2.32. The first-order valence-corrected chi connectivity index (χ1v) is 5.82. The Kier molecular flexibility index (Phi) is 2.52. The second-order valence-corrected chi connectivity index (χ2v) is 4.36. The fourth-order valence-electron chi connectivity index (χ4n) is 2.32. The van der Waals surface area contributed by atoms with E-state index in [2.05, 4.69) is 0 Å². The van der Waals surface area contributed by atoms with Gasteiger partial charge in [0.15, 0.2) is 0 Å². The number of carbonyl (C=O) groups is 1. The lowest BCUT2D eigenvalue weighted by Crippen LogP contribution is -2.20. The smallest absolute Gasteiger partial charge is 0.312 e. The van der Waals surface area contributed by atoms with E-state index in [0.29, 0.717) is 12.2 Å². The molecular formula is C15H12O3. The van der Waals surface area contributed by atoms with Gasteiger partial charge in [0.1, 0.15) is 11.5 Å². The van der Waals surface area contributed by atoms with Gasteiger partial charge in [-0.15, -0.1) is 0 Å². The van der Waals surface area contributed by atoms with Crippen molar-refractivity contribution in [3.63, 3.8) is 0 Å². The number of benzene rings is 2. The van der Waals surface area contributed by atoms with Crippen LogP contribution in [0.4, 0.5) is 0 Å². The molecule has 0 aromatic heterocycles. The standard InChI is InChI=1S/C15H12O3/c16-11-6-7-14-13(8-11)12(9-15(17)18-14)10-4-2-1-3-5-10/h1-8,12,16H,9H2/t12-/m1/s1. The third-order valence-corrected chi connectivity index (χ3v) is 3.17. The van der Waals surface area contributed by atoms with Crippen LogP contribution in [0.3, 0.4) is 0 Å². The largest absolute Gasteiger partial charge is 0.508 e. The monoisotopic (exact) mass is 240 g/mol. The summed E-state index contributed by atoms with van der Waals surface area (Å²) >= 11 is 0. The third-order valence-electron chi connectivity index (χ3n) is 3.17. The minimum atomic E-state index is -0.234. The van der Waals surface area contributed by atoms with Gasteiger partial charge in [-0.2, -0.15) is 0 Å². The quantitative estimate of drug-likeness (QED) is 0.616. The molecule has 0 radical (unpaired) electrons. The highest BCUT2D eigenvalue weighted by Crippen LogP contribution is 2.40. The molecule has 3 nitrogen and oxygen atoms in total. The van der Waals surface area contributed by atoms with Crippen molar-refractivity contribution in [3.05, 3.63) is 59.7 Å². The SMILES string of the molecule is O=C1C[C@H](c2ccccc2)c2cc(O)ccc2O1. The lowest BCUT2D eigenvalue weighted by molar-refractivity contribution is -0.135. The lowest BCUT2D eigenvalue weighted by Gasteiger charge is -2.24. The van der Waals surface area contributed by atoms with Crippen molar-refractivity contribution in [2.45, 2.75) is 12.3 Å². The molecule has 18 heavy (non-hydrogen) atoms. The highest BCUT2D eigenvalue weighted by molar-refractivity contribution is 5.77. The van der Waals surface area contributed by atoms with E-state index in [1.165, 1.54) is 6.07 Å². The zero-order valence-corrected chi connectivity index (χ0v) is 9.67. The molecule has 0 saturated heterocycles. The Balaban J connectivity index is 2.12. The maximum atomic E-state index is 11.6. The number of fused-ring (bicyclic) bond motifs is 1. The Morgan fingerprint density at radius 2 is 1.89 bits per heavy atom. The summed E-state index contributed by atoms with van der Waals surface area (Å²) in [6.45, 7) is 0. The molecule has 1 heterocycles. The molecule has 1 aliphatic heterocycles.